The third-order valence-electron chi connectivity index (χ3n) is 1.79. The molecule has 0 amide bonds. The number of pyridine rings is 1. The number of hydrogen-bond donors (Lipinski definition) is 3. The molecule has 0 aliphatic rings. The van der Waals surface area contributed by atoms with Gasteiger partial charge in [-0.1, -0.05) is 6.07 Å². The van der Waals surface area contributed by atoms with Crippen molar-refractivity contribution in [2.24, 2.45) is 0 Å². The predicted molar refractivity (Wildman–Crippen MR) is 47.4 cm³/mol. The summed E-state index contributed by atoms with van der Waals surface area (Å²) in [7, 11) is 0. The van der Waals surface area contributed by atoms with Crippen molar-refractivity contribution in [1.29, 1.82) is 0 Å². The number of carboxylic acids is 1. The van der Waals surface area contributed by atoms with Gasteiger partial charge in [0.2, 0.25) is 5.95 Å². The molecule has 1 heterocycles. The van der Waals surface area contributed by atoms with Crippen LogP contribution in [0, 0.1) is 5.95 Å². The van der Waals surface area contributed by atoms with Gasteiger partial charge < -0.3 is 15.3 Å². The highest BCUT2D eigenvalue weighted by Crippen LogP contribution is 2.16. The van der Waals surface area contributed by atoms with Crippen LogP contribution in [0.2, 0.25) is 0 Å². The summed E-state index contributed by atoms with van der Waals surface area (Å²) in [5.41, 5.74) is -0.0937. The van der Waals surface area contributed by atoms with Crippen molar-refractivity contribution in [3.8, 4) is 0 Å². The Labute approximate surface area is 84.8 Å². The zero-order valence-corrected chi connectivity index (χ0v) is 7.67. The maximum atomic E-state index is 12.6. The van der Waals surface area contributed by atoms with E-state index in [1.807, 2.05) is 0 Å². The largest absolute Gasteiger partial charge is 0.481 e. The van der Waals surface area contributed by atoms with Gasteiger partial charge in [0.1, 0.15) is 6.10 Å². The highest BCUT2D eigenvalue weighted by molar-refractivity contribution is 5.67. The average Bonchev–Trinajstić information content (AvgIpc) is 2.15. The van der Waals surface area contributed by atoms with E-state index in [1.165, 1.54) is 12.1 Å². The van der Waals surface area contributed by atoms with E-state index in [9.17, 15) is 19.4 Å². The molecule has 3 N–H and O–H groups in total. The van der Waals surface area contributed by atoms with Gasteiger partial charge in [0.15, 0.2) is 0 Å². The van der Waals surface area contributed by atoms with Gasteiger partial charge in [-0.05, 0) is 12.1 Å². The van der Waals surface area contributed by atoms with Crippen LogP contribution in [0.4, 0.5) is 4.39 Å². The summed E-state index contributed by atoms with van der Waals surface area (Å²) in [4.78, 5) is 13.6. The first kappa shape index (κ1) is 11.5. The molecule has 1 aromatic heterocycles. The van der Waals surface area contributed by atoms with E-state index in [1.54, 1.807) is 0 Å². The lowest BCUT2D eigenvalue weighted by Crippen LogP contribution is -2.22. The highest BCUT2D eigenvalue weighted by atomic mass is 19.1. The zero-order valence-electron chi connectivity index (χ0n) is 7.67. The molecule has 0 aliphatic heterocycles. The van der Waals surface area contributed by atoms with Gasteiger partial charge in [0.05, 0.1) is 18.2 Å². The molecule has 0 bridgehead atoms. The van der Waals surface area contributed by atoms with E-state index in [0.717, 1.165) is 6.07 Å². The maximum absolute atomic E-state index is 12.6. The summed E-state index contributed by atoms with van der Waals surface area (Å²) in [5, 5.41) is 27.0. The SMILES string of the molecule is O=C(O)CC(O)C(O)c1cccc(F)n1. The molecular formula is C9H10FNO4. The first-order valence-corrected chi connectivity index (χ1v) is 4.21. The summed E-state index contributed by atoms with van der Waals surface area (Å²) >= 11 is 0. The van der Waals surface area contributed by atoms with E-state index < -0.39 is 30.5 Å². The van der Waals surface area contributed by atoms with E-state index in [4.69, 9.17) is 5.11 Å². The van der Waals surface area contributed by atoms with Gasteiger partial charge in [0, 0.05) is 0 Å². The minimum absolute atomic E-state index is 0.0937. The lowest BCUT2D eigenvalue weighted by atomic mass is 10.1. The van der Waals surface area contributed by atoms with Gasteiger partial charge in [-0.3, -0.25) is 4.79 Å². The Morgan fingerprint density at radius 3 is 2.67 bits per heavy atom. The van der Waals surface area contributed by atoms with Crippen LogP contribution in [-0.4, -0.2) is 32.4 Å². The molecule has 2 unspecified atom stereocenters. The molecule has 6 heteroatoms. The molecule has 0 saturated carbocycles. The topological polar surface area (TPSA) is 90.7 Å². The first-order valence-electron chi connectivity index (χ1n) is 4.21. The van der Waals surface area contributed by atoms with E-state index in [-0.39, 0.29) is 5.69 Å². The Morgan fingerprint density at radius 2 is 2.13 bits per heavy atom. The van der Waals surface area contributed by atoms with Gasteiger partial charge in [0.25, 0.3) is 0 Å². The van der Waals surface area contributed by atoms with Crippen molar-refractivity contribution in [3.05, 3.63) is 29.8 Å². The quantitative estimate of drug-likeness (QED) is 0.619. The van der Waals surface area contributed by atoms with Crippen molar-refractivity contribution >= 4 is 5.97 Å². The Balaban J connectivity index is 2.75. The normalized spacial score (nSPS) is 14.6. The van der Waals surface area contributed by atoms with Crippen molar-refractivity contribution in [3.63, 3.8) is 0 Å². The number of rotatable bonds is 4. The monoisotopic (exact) mass is 215 g/mol. The molecule has 0 saturated heterocycles. The summed E-state index contributed by atoms with van der Waals surface area (Å²) in [6.45, 7) is 0. The molecular weight excluding hydrogens is 205 g/mol. The molecule has 0 aromatic carbocycles. The number of carboxylic acid groups (broad SMARTS) is 1. The van der Waals surface area contributed by atoms with Gasteiger partial charge in [-0.2, -0.15) is 4.39 Å². The average molecular weight is 215 g/mol. The fraction of sp³-hybridized carbons (Fsp3) is 0.333. The van der Waals surface area contributed by atoms with Crippen LogP contribution < -0.4 is 0 Å². The van der Waals surface area contributed by atoms with Crippen LogP contribution in [0.1, 0.15) is 18.2 Å². The second kappa shape index (κ2) is 4.81. The Morgan fingerprint density at radius 1 is 1.47 bits per heavy atom. The minimum Gasteiger partial charge on any atom is -0.481 e. The number of carbonyl (C=O) groups is 1. The molecule has 0 aliphatic carbocycles. The van der Waals surface area contributed by atoms with E-state index >= 15 is 0 Å². The molecule has 0 radical (unpaired) electrons. The molecule has 15 heavy (non-hydrogen) atoms. The lowest BCUT2D eigenvalue weighted by Gasteiger charge is -2.15. The third kappa shape index (κ3) is 3.26. The first-order chi connectivity index (χ1) is 7.00. The number of nitrogens with zero attached hydrogens (tertiary/aromatic N) is 1. The van der Waals surface area contributed by atoms with Crippen LogP contribution in [0.15, 0.2) is 18.2 Å². The Kier molecular flexibility index (Phi) is 3.70. The zero-order chi connectivity index (χ0) is 11.4. The molecule has 1 rings (SSSR count). The van der Waals surface area contributed by atoms with Gasteiger partial charge in [-0.15, -0.1) is 0 Å². The third-order valence-corrected chi connectivity index (χ3v) is 1.79. The van der Waals surface area contributed by atoms with Crippen molar-refractivity contribution < 1.29 is 24.5 Å². The van der Waals surface area contributed by atoms with Gasteiger partial charge in [-0.25, -0.2) is 4.98 Å². The fourth-order valence-corrected chi connectivity index (χ4v) is 1.08. The smallest absolute Gasteiger partial charge is 0.306 e. The van der Waals surface area contributed by atoms with Crippen molar-refractivity contribution in [2.45, 2.75) is 18.6 Å². The molecule has 1 aromatic rings. The second-order valence-electron chi connectivity index (χ2n) is 3.00. The lowest BCUT2D eigenvalue weighted by molar-refractivity contribution is -0.141. The molecule has 0 fully saturated rings. The van der Waals surface area contributed by atoms with Crippen LogP contribution in [0.5, 0.6) is 0 Å². The van der Waals surface area contributed by atoms with Crippen LogP contribution in [0.25, 0.3) is 0 Å². The number of aromatic nitrogens is 1. The summed E-state index contributed by atoms with van der Waals surface area (Å²) in [6.07, 6.45) is -3.63. The number of hydrogen-bond acceptors (Lipinski definition) is 4. The molecule has 82 valence electrons. The van der Waals surface area contributed by atoms with Crippen LogP contribution in [0.3, 0.4) is 0 Å². The fourth-order valence-electron chi connectivity index (χ4n) is 1.08. The summed E-state index contributed by atoms with van der Waals surface area (Å²) in [5.74, 6) is -2.05. The number of aliphatic hydroxyl groups is 2. The number of aliphatic hydroxyl groups excluding tert-OH is 2. The Bertz CT molecular complexity index is 358. The Hall–Kier alpha value is -1.53. The van der Waals surface area contributed by atoms with Crippen molar-refractivity contribution in [1.82, 2.24) is 4.98 Å². The van der Waals surface area contributed by atoms with E-state index in [0.29, 0.717) is 0 Å². The summed E-state index contributed by atoms with van der Waals surface area (Å²) < 4.78 is 12.6. The van der Waals surface area contributed by atoms with Gasteiger partial charge >= 0.3 is 5.97 Å². The summed E-state index contributed by atoms with van der Waals surface area (Å²) in [6, 6.07) is 3.70. The minimum atomic E-state index is -1.50. The second-order valence-corrected chi connectivity index (χ2v) is 3.00. The molecule has 5 nitrogen and oxygen atoms in total. The standard InChI is InChI=1S/C9H10FNO4/c10-7-3-1-2-5(11-7)9(15)6(12)4-8(13)14/h1-3,6,9,12,15H,4H2,(H,13,14). The van der Waals surface area contributed by atoms with Crippen LogP contribution in [-0.2, 0) is 4.79 Å². The number of halogens is 1. The molecule has 0 spiro atoms. The predicted octanol–water partition coefficient (Wildman–Crippen LogP) is 0.0897. The van der Waals surface area contributed by atoms with E-state index in [2.05, 4.69) is 4.98 Å². The number of aliphatic carboxylic acids is 1. The highest BCUT2D eigenvalue weighted by Gasteiger charge is 2.22. The van der Waals surface area contributed by atoms with Crippen molar-refractivity contribution in [2.75, 3.05) is 0 Å². The van der Waals surface area contributed by atoms with Crippen LogP contribution >= 0.6 is 0 Å². The maximum Gasteiger partial charge on any atom is 0.306 e. The molecule has 2 atom stereocenters.